The van der Waals surface area contributed by atoms with E-state index in [0.29, 0.717) is 32.4 Å². The summed E-state index contributed by atoms with van der Waals surface area (Å²) < 4.78 is 10.1. The topological polar surface area (TPSA) is 55.8 Å². The van der Waals surface area contributed by atoms with E-state index < -0.39 is 0 Å². The van der Waals surface area contributed by atoms with E-state index in [2.05, 4.69) is 0 Å². The van der Waals surface area contributed by atoms with Crippen molar-refractivity contribution in [3.63, 3.8) is 0 Å². The first-order valence-electron chi connectivity index (χ1n) is 6.59. The van der Waals surface area contributed by atoms with Crippen molar-refractivity contribution >= 4 is 11.9 Å². The molecular weight excluding hydrogens is 234 g/mol. The summed E-state index contributed by atoms with van der Waals surface area (Å²) in [5.74, 6) is -0.252. The van der Waals surface area contributed by atoms with Gasteiger partial charge in [0.25, 0.3) is 0 Å². The highest BCUT2D eigenvalue weighted by Gasteiger charge is 2.34. The second kappa shape index (κ2) is 7.36. The molecule has 0 aromatic heterocycles. The minimum absolute atomic E-state index is 0.0226. The Labute approximate surface area is 108 Å². The fourth-order valence-electron chi connectivity index (χ4n) is 2.14. The van der Waals surface area contributed by atoms with Gasteiger partial charge in [0.15, 0.2) is 0 Å². The fraction of sp³-hybridized carbons (Fsp3) is 0.846. The molecule has 5 nitrogen and oxygen atoms in total. The van der Waals surface area contributed by atoms with E-state index in [1.807, 2.05) is 6.92 Å². The largest absolute Gasteiger partial charge is 0.464 e. The molecule has 0 N–H and O–H groups in total. The normalized spacial score (nSPS) is 20.8. The molecular formula is C13H23NO4. The molecule has 1 heterocycles. The van der Waals surface area contributed by atoms with Gasteiger partial charge >= 0.3 is 5.97 Å². The van der Waals surface area contributed by atoms with Gasteiger partial charge in [-0.2, -0.15) is 0 Å². The third-order valence-electron chi connectivity index (χ3n) is 3.30. The van der Waals surface area contributed by atoms with Crippen LogP contribution in [0.25, 0.3) is 0 Å². The molecule has 2 unspecified atom stereocenters. The number of methoxy groups -OCH3 is 1. The van der Waals surface area contributed by atoms with Crippen molar-refractivity contribution in [2.24, 2.45) is 0 Å². The number of carbonyl (C=O) groups is 2. The van der Waals surface area contributed by atoms with Crippen LogP contribution in [-0.2, 0) is 19.1 Å². The van der Waals surface area contributed by atoms with Crippen molar-refractivity contribution in [3.05, 3.63) is 0 Å². The third kappa shape index (κ3) is 3.98. The standard InChI is InChI=1S/C13H23NO4/c1-4-18-13(16)11-6-5-9-14(11)12(15)8-7-10(2)17-3/h10-11H,4-9H2,1-3H3. The van der Waals surface area contributed by atoms with Crippen molar-refractivity contribution in [2.75, 3.05) is 20.3 Å². The molecule has 0 bridgehead atoms. The van der Waals surface area contributed by atoms with E-state index in [9.17, 15) is 9.59 Å². The maximum atomic E-state index is 12.0. The molecule has 5 heteroatoms. The van der Waals surface area contributed by atoms with Crippen molar-refractivity contribution < 1.29 is 19.1 Å². The molecule has 1 aliphatic heterocycles. The SMILES string of the molecule is CCOC(=O)C1CCCN1C(=O)CCC(C)OC. The number of hydrogen-bond donors (Lipinski definition) is 0. The number of rotatable bonds is 6. The fourth-order valence-corrected chi connectivity index (χ4v) is 2.14. The van der Waals surface area contributed by atoms with Crippen LogP contribution in [0, 0.1) is 0 Å². The number of amides is 1. The summed E-state index contributed by atoms with van der Waals surface area (Å²) in [4.78, 5) is 25.4. The summed E-state index contributed by atoms with van der Waals surface area (Å²) in [6.45, 7) is 4.72. The Morgan fingerprint density at radius 2 is 2.17 bits per heavy atom. The monoisotopic (exact) mass is 257 g/mol. The van der Waals surface area contributed by atoms with Gasteiger partial charge in [-0.1, -0.05) is 0 Å². The van der Waals surface area contributed by atoms with Gasteiger partial charge in [0.05, 0.1) is 12.7 Å². The Morgan fingerprint density at radius 3 is 2.78 bits per heavy atom. The van der Waals surface area contributed by atoms with Crippen molar-refractivity contribution in [1.82, 2.24) is 4.90 Å². The molecule has 1 rings (SSSR count). The van der Waals surface area contributed by atoms with E-state index >= 15 is 0 Å². The lowest BCUT2D eigenvalue weighted by Gasteiger charge is -2.23. The first-order valence-corrected chi connectivity index (χ1v) is 6.59. The van der Waals surface area contributed by atoms with Crippen LogP contribution in [0.1, 0.15) is 39.5 Å². The minimum Gasteiger partial charge on any atom is -0.464 e. The molecule has 1 fully saturated rings. The Kier molecular flexibility index (Phi) is 6.12. The van der Waals surface area contributed by atoms with Crippen molar-refractivity contribution in [2.45, 2.75) is 51.7 Å². The van der Waals surface area contributed by atoms with Gasteiger partial charge in [-0.05, 0) is 33.1 Å². The molecule has 0 aromatic carbocycles. The lowest BCUT2D eigenvalue weighted by molar-refractivity contribution is -0.153. The molecule has 1 amide bonds. The highest BCUT2D eigenvalue weighted by atomic mass is 16.5. The summed E-state index contributed by atoms with van der Waals surface area (Å²) in [7, 11) is 1.63. The zero-order chi connectivity index (χ0) is 13.5. The highest BCUT2D eigenvalue weighted by molar-refractivity contribution is 5.85. The number of ether oxygens (including phenoxy) is 2. The predicted octanol–water partition coefficient (Wildman–Crippen LogP) is 1.36. The number of carbonyl (C=O) groups excluding carboxylic acids is 2. The van der Waals surface area contributed by atoms with Crippen LogP contribution in [0.15, 0.2) is 0 Å². The van der Waals surface area contributed by atoms with Crippen molar-refractivity contribution in [1.29, 1.82) is 0 Å². The van der Waals surface area contributed by atoms with E-state index in [1.54, 1.807) is 18.9 Å². The minimum atomic E-state index is -0.379. The van der Waals surface area contributed by atoms with Gasteiger partial charge in [0, 0.05) is 20.1 Å². The van der Waals surface area contributed by atoms with Gasteiger partial charge in [-0.25, -0.2) is 4.79 Å². The molecule has 0 saturated carbocycles. The Hall–Kier alpha value is -1.10. The van der Waals surface area contributed by atoms with E-state index in [0.717, 1.165) is 6.42 Å². The van der Waals surface area contributed by atoms with Crippen LogP contribution in [0.5, 0.6) is 0 Å². The van der Waals surface area contributed by atoms with Crippen LogP contribution in [0.4, 0.5) is 0 Å². The summed E-state index contributed by atoms with van der Waals surface area (Å²) in [6, 6.07) is -0.379. The first-order chi connectivity index (χ1) is 8.60. The highest BCUT2D eigenvalue weighted by Crippen LogP contribution is 2.20. The second-order valence-corrected chi connectivity index (χ2v) is 4.58. The van der Waals surface area contributed by atoms with Gasteiger partial charge in [-0.3, -0.25) is 4.79 Å². The van der Waals surface area contributed by atoms with Crippen molar-refractivity contribution in [3.8, 4) is 0 Å². The summed E-state index contributed by atoms with van der Waals surface area (Å²) in [5, 5.41) is 0. The maximum Gasteiger partial charge on any atom is 0.328 e. The van der Waals surface area contributed by atoms with E-state index in [-0.39, 0.29) is 24.0 Å². The molecule has 0 aliphatic carbocycles. The number of hydrogen-bond acceptors (Lipinski definition) is 4. The molecule has 2 atom stereocenters. The maximum absolute atomic E-state index is 12.0. The lowest BCUT2D eigenvalue weighted by atomic mass is 10.2. The zero-order valence-corrected chi connectivity index (χ0v) is 11.5. The lowest BCUT2D eigenvalue weighted by Crippen LogP contribution is -2.41. The van der Waals surface area contributed by atoms with Gasteiger partial charge < -0.3 is 14.4 Å². The van der Waals surface area contributed by atoms with Gasteiger partial charge in [0.1, 0.15) is 6.04 Å². The van der Waals surface area contributed by atoms with Crippen LogP contribution in [0.3, 0.4) is 0 Å². The smallest absolute Gasteiger partial charge is 0.328 e. The predicted molar refractivity (Wildman–Crippen MR) is 67.1 cm³/mol. The Balaban J connectivity index is 2.48. The summed E-state index contributed by atoms with van der Waals surface area (Å²) in [5.41, 5.74) is 0. The van der Waals surface area contributed by atoms with Gasteiger partial charge in [-0.15, -0.1) is 0 Å². The molecule has 0 spiro atoms. The molecule has 1 aliphatic rings. The first kappa shape index (κ1) is 15.0. The average molecular weight is 257 g/mol. The Bertz CT molecular complexity index is 293. The summed E-state index contributed by atoms with van der Waals surface area (Å²) in [6.07, 6.45) is 2.75. The number of nitrogens with zero attached hydrogens (tertiary/aromatic N) is 1. The molecule has 0 radical (unpaired) electrons. The second-order valence-electron chi connectivity index (χ2n) is 4.58. The average Bonchev–Trinajstić information content (AvgIpc) is 2.85. The molecule has 1 saturated heterocycles. The zero-order valence-electron chi connectivity index (χ0n) is 11.5. The number of esters is 1. The van der Waals surface area contributed by atoms with Crippen LogP contribution in [0.2, 0.25) is 0 Å². The van der Waals surface area contributed by atoms with Crippen LogP contribution >= 0.6 is 0 Å². The van der Waals surface area contributed by atoms with E-state index in [4.69, 9.17) is 9.47 Å². The summed E-state index contributed by atoms with van der Waals surface area (Å²) >= 11 is 0. The quantitative estimate of drug-likeness (QED) is 0.674. The molecule has 18 heavy (non-hydrogen) atoms. The molecule has 104 valence electrons. The van der Waals surface area contributed by atoms with Crippen LogP contribution < -0.4 is 0 Å². The van der Waals surface area contributed by atoms with E-state index in [1.165, 1.54) is 0 Å². The Morgan fingerprint density at radius 1 is 1.44 bits per heavy atom. The third-order valence-corrected chi connectivity index (χ3v) is 3.30. The van der Waals surface area contributed by atoms with Gasteiger partial charge in [0.2, 0.25) is 5.91 Å². The number of likely N-dealkylation sites (tertiary alicyclic amines) is 1. The van der Waals surface area contributed by atoms with Crippen LogP contribution in [-0.4, -0.2) is 49.2 Å². The molecule has 0 aromatic rings.